The van der Waals surface area contributed by atoms with Crippen LogP contribution in [-0.2, 0) is 4.79 Å². The molecule has 0 radical (unpaired) electrons. The number of carbonyl (C=O) groups excluding carboxylic acids is 2. The molecule has 1 aliphatic heterocycles. The molecule has 0 spiro atoms. The average Bonchev–Trinajstić information content (AvgIpc) is 2.84. The Balaban J connectivity index is 1.71. The lowest BCUT2D eigenvalue weighted by Gasteiger charge is -2.25. The van der Waals surface area contributed by atoms with Crippen LogP contribution in [0.3, 0.4) is 0 Å². The predicted molar refractivity (Wildman–Crippen MR) is 95.1 cm³/mol. The fourth-order valence-corrected chi connectivity index (χ4v) is 2.93. The Kier molecular flexibility index (Phi) is 4.71. The summed E-state index contributed by atoms with van der Waals surface area (Å²) < 4.78 is 0. The van der Waals surface area contributed by atoms with Gasteiger partial charge in [0.15, 0.2) is 0 Å². The molecule has 5 nitrogen and oxygen atoms in total. The van der Waals surface area contributed by atoms with Gasteiger partial charge < -0.3 is 10.6 Å². The third-order valence-corrected chi connectivity index (χ3v) is 4.23. The Labute approximate surface area is 145 Å². The number of amides is 3. The Hall–Kier alpha value is -2.53. The highest BCUT2D eigenvalue weighted by molar-refractivity contribution is 6.30. The second-order valence-corrected chi connectivity index (χ2v) is 6.24. The van der Waals surface area contributed by atoms with Gasteiger partial charge >= 0.3 is 6.03 Å². The normalized spacial score (nSPS) is 20.1. The van der Waals surface area contributed by atoms with Gasteiger partial charge in [0.05, 0.1) is 0 Å². The van der Waals surface area contributed by atoms with Crippen molar-refractivity contribution in [2.24, 2.45) is 5.92 Å². The SMILES string of the molecule is C[C@H]1C[C@H](NC(=O)Nc2ccc(Cl)cc2)N(c2ccccc2)C1=O. The molecule has 3 amide bonds. The summed E-state index contributed by atoms with van der Waals surface area (Å²) in [6.07, 6.45) is 0.198. The van der Waals surface area contributed by atoms with Crippen molar-refractivity contribution in [2.75, 3.05) is 10.2 Å². The lowest BCUT2D eigenvalue weighted by molar-refractivity contribution is -0.120. The molecule has 0 aliphatic carbocycles. The molecule has 0 bridgehead atoms. The van der Waals surface area contributed by atoms with Crippen molar-refractivity contribution in [3.8, 4) is 0 Å². The number of nitrogens with zero attached hydrogens (tertiary/aromatic N) is 1. The summed E-state index contributed by atoms with van der Waals surface area (Å²) in [5, 5.41) is 6.23. The summed E-state index contributed by atoms with van der Waals surface area (Å²) >= 11 is 5.83. The second kappa shape index (κ2) is 6.93. The van der Waals surface area contributed by atoms with Gasteiger partial charge in [-0.3, -0.25) is 9.69 Å². The first-order chi connectivity index (χ1) is 11.5. The number of halogens is 1. The van der Waals surface area contributed by atoms with Crippen molar-refractivity contribution in [3.63, 3.8) is 0 Å². The van der Waals surface area contributed by atoms with Crippen molar-refractivity contribution in [1.82, 2.24) is 5.32 Å². The largest absolute Gasteiger partial charge is 0.320 e. The molecule has 1 fully saturated rings. The molecule has 2 atom stereocenters. The average molecular weight is 344 g/mol. The molecule has 3 rings (SSSR count). The van der Waals surface area contributed by atoms with Crippen molar-refractivity contribution in [3.05, 3.63) is 59.6 Å². The van der Waals surface area contributed by atoms with Crippen LogP contribution in [0.2, 0.25) is 5.02 Å². The number of benzene rings is 2. The minimum atomic E-state index is -0.373. The van der Waals surface area contributed by atoms with Gasteiger partial charge in [-0.15, -0.1) is 0 Å². The number of nitrogens with one attached hydrogen (secondary N) is 2. The Morgan fingerprint density at radius 2 is 1.79 bits per heavy atom. The zero-order valence-electron chi connectivity index (χ0n) is 13.2. The number of urea groups is 1. The lowest BCUT2D eigenvalue weighted by atomic mass is 10.1. The quantitative estimate of drug-likeness (QED) is 0.889. The number of hydrogen-bond acceptors (Lipinski definition) is 2. The summed E-state index contributed by atoms with van der Waals surface area (Å²) in [7, 11) is 0. The fraction of sp³-hybridized carbons (Fsp3) is 0.222. The van der Waals surface area contributed by atoms with E-state index in [-0.39, 0.29) is 24.0 Å². The third-order valence-electron chi connectivity index (χ3n) is 3.98. The number of rotatable bonds is 3. The van der Waals surface area contributed by atoms with E-state index in [1.54, 1.807) is 29.2 Å². The van der Waals surface area contributed by atoms with Crippen molar-refractivity contribution in [2.45, 2.75) is 19.5 Å². The topological polar surface area (TPSA) is 61.4 Å². The monoisotopic (exact) mass is 343 g/mol. The maximum Gasteiger partial charge on any atom is 0.320 e. The van der Waals surface area contributed by atoms with E-state index in [4.69, 9.17) is 11.6 Å². The minimum absolute atomic E-state index is 0.0120. The van der Waals surface area contributed by atoms with E-state index in [0.717, 1.165) is 5.69 Å². The number of carbonyl (C=O) groups is 2. The van der Waals surface area contributed by atoms with Crippen LogP contribution in [-0.4, -0.2) is 18.1 Å². The molecular weight excluding hydrogens is 326 g/mol. The molecule has 1 saturated heterocycles. The molecule has 124 valence electrons. The van der Waals surface area contributed by atoms with E-state index in [1.165, 1.54) is 0 Å². The van der Waals surface area contributed by atoms with Gasteiger partial charge in [-0.1, -0.05) is 36.7 Å². The Morgan fingerprint density at radius 3 is 2.46 bits per heavy atom. The van der Waals surface area contributed by atoms with Gasteiger partial charge in [0.2, 0.25) is 5.91 Å². The van der Waals surface area contributed by atoms with Crippen molar-refractivity contribution >= 4 is 34.9 Å². The molecule has 2 N–H and O–H groups in total. The fourth-order valence-electron chi connectivity index (χ4n) is 2.80. The smallest absolute Gasteiger partial charge is 0.317 e. The molecule has 2 aromatic carbocycles. The summed E-state index contributed by atoms with van der Waals surface area (Å²) in [4.78, 5) is 26.3. The second-order valence-electron chi connectivity index (χ2n) is 5.80. The van der Waals surface area contributed by atoms with Gasteiger partial charge in [0.1, 0.15) is 6.17 Å². The highest BCUT2D eigenvalue weighted by Crippen LogP contribution is 2.28. The summed E-state index contributed by atoms with van der Waals surface area (Å²) in [5.74, 6) is -0.121. The van der Waals surface area contributed by atoms with Crippen LogP contribution in [0, 0.1) is 5.92 Å². The van der Waals surface area contributed by atoms with Crippen LogP contribution in [0.15, 0.2) is 54.6 Å². The predicted octanol–water partition coefficient (Wildman–Crippen LogP) is 3.86. The lowest BCUT2D eigenvalue weighted by Crippen LogP contribution is -2.47. The highest BCUT2D eigenvalue weighted by atomic mass is 35.5. The van der Waals surface area contributed by atoms with Gasteiger partial charge in [0.25, 0.3) is 0 Å². The molecule has 6 heteroatoms. The molecule has 2 aromatic rings. The van der Waals surface area contributed by atoms with Gasteiger partial charge in [0, 0.05) is 22.3 Å². The highest BCUT2D eigenvalue weighted by Gasteiger charge is 2.38. The van der Waals surface area contributed by atoms with Gasteiger partial charge in [-0.25, -0.2) is 4.79 Å². The van der Waals surface area contributed by atoms with Crippen LogP contribution in [0.4, 0.5) is 16.2 Å². The van der Waals surface area contributed by atoms with Crippen molar-refractivity contribution < 1.29 is 9.59 Å². The maximum absolute atomic E-state index is 12.4. The Morgan fingerprint density at radius 1 is 1.12 bits per heavy atom. The van der Waals surface area contributed by atoms with Gasteiger partial charge in [-0.05, 0) is 42.8 Å². The van der Waals surface area contributed by atoms with Crippen LogP contribution >= 0.6 is 11.6 Å². The van der Waals surface area contributed by atoms with E-state index < -0.39 is 0 Å². The maximum atomic E-state index is 12.4. The van der Waals surface area contributed by atoms with E-state index in [2.05, 4.69) is 10.6 Å². The van der Waals surface area contributed by atoms with Crippen molar-refractivity contribution in [1.29, 1.82) is 0 Å². The molecular formula is C18H18ClN3O2. The van der Waals surface area contributed by atoms with Crippen LogP contribution < -0.4 is 15.5 Å². The number of para-hydroxylation sites is 1. The first-order valence-corrected chi connectivity index (χ1v) is 8.13. The molecule has 0 unspecified atom stereocenters. The molecule has 0 aromatic heterocycles. The summed E-state index contributed by atoms with van der Waals surface area (Å²) in [6, 6.07) is 15.9. The molecule has 1 heterocycles. The first kappa shape index (κ1) is 16.3. The number of anilines is 2. The molecule has 24 heavy (non-hydrogen) atoms. The van der Waals surface area contributed by atoms with E-state index in [0.29, 0.717) is 17.1 Å². The minimum Gasteiger partial charge on any atom is -0.317 e. The first-order valence-electron chi connectivity index (χ1n) is 7.76. The van der Waals surface area contributed by atoms with Gasteiger partial charge in [-0.2, -0.15) is 0 Å². The van der Waals surface area contributed by atoms with E-state index in [1.807, 2.05) is 37.3 Å². The van der Waals surface area contributed by atoms with Crippen LogP contribution in [0.5, 0.6) is 0 Å². The zero-order chi connectivity index (χ0) is 17.1. The van der Waals surface area contributed by atoms with E-state index in [9.17, 15) is 9.59 Å². The van der Waals surface area contributed by atoms with E-state index >= 15 is 0 Å². The summed E-state index contributed by atoms with van der Waals surface area (Å²) in [6.45, 7) is 1.87. The molecule has 1 aliphatic rings. The molecule has 0 saturated carbocycles. The number of hydrogen-bond donors (Lipinski definition) is 2. The Bertz CT molecular complexity index is 734. The third kappa shape index (κ3) is 3.51. The summed E-state index contributed by atoms with van der Waals surface area (Å²) in [5.41, 5.74) is 1.42. The zero-order valence-corrected chi connectivity index (χ0v) is 14.0. The van der Waals surface area contributed by atoms with Crippen LogP contribution in [0.25, 0.3) is 0 Å². The standard InChI is InChI=1S/C18H18ClN3O2/c1-12-11-16(22(17(12)23)15-5-3-2-4-6-15)21-18(24)20-14-9-7-13(19)8-10-14/h2-10,12,16H,11H2,1H3,(H2,20,21,24)/t12-,16+/m0/s1. The van der Waals surface area contributed by atoms with Crippen LogP contribution in [0.1, 0.15) is 13.3 Å².